The summed E-state index contributed by atoms with van der Waals surface area (Å²) in [4.78, 5) is 25.1. The SMILES string of the molecule is CC1CCC(C(=O)O)CN1C(=O)CCc1ccc(Cl)cc1. The van der Waals surface area contributed by atoms with Gasteiger partial charge in [0.2, 0.25) is 5.91 Å². The van der Waals surface area contributed by atoms with E-state index in [0.29, 0.717) is 30.8 Å². The van der Waals surface area contributed by atoms with Gasteiger partial charge in [0.1, 0.15) is 0 Å². The predicted molar refractivity (Wildman–Crippen MR) is 81.3 cm³/mol. The van der Waals surface area contributed by atoms with Gasteiger partial charge in [-0.2, -0.15) is 0 Å². The molecular weight excluding hydrogens is 290 g/mol. The standard InChI is InChI=1S/C16H20ClNO3/c1-11-2-6-13(16(20)21)10-18(11)15(19)9-5-12-3-7-14(17)8-4-12/h3-4,7-8,11,13H,2,5-6,9-10H2,1H3,(H,20,21). The second-order valence-electron chi connectivity index (χ2n) is 5.63. The third-order valence-electron chi connectivity index (χ3n) is 4.09. The number of carboxylic acids is 1. The average molecular weight is 310 g/mol. The molecule has 1 aromatic carbocycles. The molecule has 0 aromatic heterocycles. The predicted octanol–water partition coefficient (Wildman–Crippen LogP) is 2.98. The molecule has 1 fully saturated rings. The highest BCUT2D eigenvalue weighted by Gasteiger charge is 2.32. The molecule has 114 valence electrons. The number of aryl methyl sites for hydroxylation is 1. The summed E-state index contributed by atoms with van der Waals surface area (Å²) in [6.45, 7) is 2.31. The van der Waals surface area contributed by atoms with E-state index in [-0.39, 0.29) is 11.9 Å². The second kappa shape index (κ2) is 6.94. The van der Waals surface area contributed by atoms with E-state index in [4.69, 9.17) is 16.7 Å². The highest BCUT2D eigenvalue weighted by atomic mass is 35.5. The van der Waals surface area contributed by atoms with E-state index in [2.05, 4.69) is 0 Å². The highest BCUT2D eigenvalue weighted by molar-refractivity contribution is 6.30. The van der Waals surface area contributed by atoms with Gasteiger partial charge in [0.15, 0.2) is 0 Å². The van der Waals surface area contributed by atoms with Crippen molar-refractivity contribution in [2.75, 3.05) is 6.54 Å². The first-order valence-corrected chi connectivity index (χ1v) is 7.62. The third-order valence-corrected chi connectivity index (χ3v) is 4.34. The molecule has 0 saturated carbocycles. The fourth-order valence-corrected chi connectivity index (χ4v) is 2.83. The Hall–Kier alpha value is -1.55. The maximum atomic E-state index is 12.3. The van der Waals surface area contributed by atoms with E-state index < -0.39 is 11.9 Å². The number of aliphatic carboxylic acids is 1. The normalized spacial score (nSPS) is 22.1. The Morgan fingerprint density at radius 2 is 1.95 bits per heavy atom. The quantitative estimate of drug-likeness (QED) is 0.930. The third kappa shape index (κ3) is 4.21. The smallest absolute Gasteiger partial charge is 0.308 e. The van der Waals surface area contributed by atoms with E-state index in [0.717, 1.165) is 12.0 Å². The molecule has 1 aliphatic heterocycles. The van der Waals surface area contributed by atoms with E-state index in [9.17, 15) is 9.59 Å². The Bertz CT molecular complexity index is 515. The van der Waals surface area contributed by atoms with Gasteiger partial charge >= 0.3 is 5.97 Å². The number of hydrogen-bond donors (Lipinski definition) is 1. The van der Waals surface area contributed by atoms with Gasteiger partial charge in [-0.15, -0.1) is 0 Å². The van der Waals surface area contributed by atoms with E-state index in [1.54, 1.807) is 4.90 Å². The largest absolute Gasteiger partial charge is 0.481 e. The van der Waals surface area contributed by atoms with E-state index in [1.807, 2.05) is 31.2 Å². The minimum absolute atomic E-state index is 0.0309. The molecule has 0 spiro atoms. The number of amides is 1. The van der Waals surface area contributed by atoms with Gasteiger partial charge in [0.25, 0.3) is 0 Å². The zero-order valence-corrected chi connectivity index (χ0v) is 12.8. The first-order chi connectivity index (χ1) is 9.97. The van der Waals surface area contributed by atoms with Gasteiger partial charge in [0.05, 0.1) is 5.92 Å². The summed E-state index contributed by atoms with van der Waals surface area (Å²) in [7, 11) is 0. The van der Waals surface area contributed by atoms with Crippen LogP contribution in [0.15, 0.2) is 24.3 Å². The monoisotopic (exact) mass is 309 g/mol. The van der Waals surface area contributed by atoms with Crippen LogP contribution >= 0.6 is 11.6 Å². The first-order valence-electron chi connectivity index (χ1n) is 7.24. The lowest BCUT2D eigenvalue weighted by atomic mass is 9.93. The molecular formula is C16H20ClNO3. The minimum Gasteiger partial charge on any atom is -0.481 e. The fraction of sp³-hybridized carbons (Fsp3) is 0.500. The summed E-state index contributed by atoms with van der Waals surface area (Å²) in [5.41, 5.74) is 1.06. The number of halogens is 1. The number of nitrogens with zero attached hydrogens (tertiary/aromatic N) is 1. The van der Waals surface area contributed by atoms with Crippen LogP contribution in [0.4, 0.5) is 0 Å². The lowest BCUT2D eigenvalue weighted by molar-refractivity contribution is -0.147. The molecule has 2 atom stereocenters. The molecule has 0 bridgehead atoms. The lowest BCUT2D eigenvalue weighted by Gasteiger charge is -2.36. The summed E-state index contributed by atoms with van der Waals surface area (Å²) in [5.74, 6) is -1.21. The van der Waals surface area contributed by atoms with Crippen molar-refractivity contribution in [2.45, 2.75) is 38.6 Å². The van der Waals surface area contributed by atoms with Gasteiger partial charge in [0, 0.05) is 24.0 Å². The van der Waals surface area contributed by atoms with Gasteiger partial charge in [-0.1, -0.05) is 23.7 Å². The second-order valence-corrected chi connectivity index (χ2v) is 6.07. The van der Waals surface area contributed by atoms with Crippen LogP contribution in [0, 0.1) is 5.92 Å². The molecule has 1 heterocycles. The molecule has 1 aromatic rings. The highest BCUT2D eigenvalue weighted by Crippen LogP contribution is 2.23. The zero-order chi connectivity index (χ0) is 15.4. The summed E-state index contributed by atoms with van der Waals surface area (Å²) < 4.78 is 0. The zero-order valence-electron chi connectivity index (χ0n) is 12.1. The molecule has 2 unspecified atom stereocenters. The molecule has 2 rings (SSSR count). The number of piperidine rings is 1. The molecule has 5 heteroatoms. The fourth-order valence-electron chi connectivity index (χ4n) is 2.70. The van der Waals surface area contributed by atoms with Gasteiger partial charge in [-0.3, -0.25) is 9.59 Å². The molecule has 0 aliphatic carbocycles. The van der Waals surface area contributed by atoms with Crippen LogP contribution in [0.5, 0.6) is 0 Å². The van der Waals surface area contributed by atoms with E-state index >= 15 is 0 Å². The van der Waals surface area contributed by atoms with Crippen molar-refractivity contribution >= 4 is 23.5 Å². The van der Waals surface area contributed by atoms with Crippen LogP contribution < -0.4 is 0 Å². The molecule has 21 heavy (non-hydrogen) atoms. The number of carbonyl (C=O) groups is 2. The maximum Gasteiger partial charge on any atom is 0.308 e. The van der Waals surface area contributed by atoms with Crippen LogP contribution in [0.2, 0.25) is 5.02 Å². The van der Waals surface area contributed by atoms with Crippen molar-refractivity contribution in [1.82, 2.24) is 4.90 Å². The number of hydrogen-bond acceptors (Lipinski definition) is 2. The number of benzene rings is 1. The molecule has 1 aliphatic rings. The molecule has 1 saturated heterocycles. The number of likely N-dealkylation sites (tertiary alicyclic amines) is 1. The van der Waals surface area contributed by atoms with Crippen molar-refractivity contribution in [1.29, 1.82) is 0 Å². The van der Waals surface area contributed by atoms with Crippen molar-refractivity contribution in [2.24, 2.45) is 5.92 Å². The first kappa shape index (κ1) is 15.8. The van der Waals surface area contributed by atoms with Crippen LogP contribution in [-0.2, 0) is 16.0 Å². The Morgan fingerprint density at radius 1 is 1.29 bits per heavy atom. The van der Waals surface area contributed by atoms with Crippen molar-refractivity contribution < 1.29 is 14.7 Å². The molecule has 1 amide bonds. The summed E-state index contributed by atoms with van der Waals surface area (Å²) in [5, 5.41) is 9.79. The van der Waals surface area contributed by atoms with Gasteiger partial charge in [-0.05, 0) is 43.9 Å². The van der Waals surface area contributed by atoms with Crippen LogP contribution in [0.3, 0.4) is 0 Å². The maximum absolute atomic E-state index is 12.3. The number of carboxylic acid groups (broad SMARTS) is 1. The Kier molecular flexibility index (Phi) is 5.23. The summed E-state index contributed by atoms with van der Waals surface area (Å²) in [6.07, 6.45) is 2.45. The topological polar surface area (TPSA) is 57.6 Å². The summed E-state index contributed by atoms with van der Waals surface area (Å²) in [6, 6.07) is 7.57. The van der Waals surface area contributed by atoms with Crippen molar-refractivity contribution in [3.8, 4) is 0 Å². The van der Waals surface area contributed by atoms with Crippen LogP contribution in [0.1, 0.15) is 31.7 Å². The van der Waals surface area contributed by atoms with Crippen LogP contribution in [0.25, 0.3) is 0 Å². The number of rotatable bonds is 4. The molecule has 1 N–H and O–H groups in total. The van der Waals surface area contributed by atoms with Crippen molar-refractivity contribution in [3.05, 3.63) is 34.9 Å². The molecule has 0 radical (unpaired) electrons. The lowest BCUT2D eigenvalue weighted by Crippen LogP contribution is -2.47. The molecule has 4 nitrogen and oxygen atoms in total. The average Bonchev–Trinajstić information content (AvgIpc) is 2.46. The number of carbonyl (C=O) groups excluding carboxylic acids is 1. The summed E-state index contributed by atoms with van der Waals surface area (Å²) >= 11 is 5.83. The van der Waals surface area contributed by atoms with Gasteiger partial charge in [-0.25, -0.2) is 0 Å². The Labute approximate surface area is 129 Å². The van der Waals surface area contributed by atoms with Crippen molar-refractivity contribution in [3.63, 3.8) is 0 Å². The Morgan fingerprint density at radius 3 is 2.57 bits per heavy atom. The Balaban J connectivity index is 1.92. The van der Waals surface area contributed by atoms with Gasteiger partial charge < -0.3 is 10.0 Å². The van der Waals surface area contributed by atoms with E-state index in [1.165, 1.54) is 0 Å². The minimum atomic E-state index is -0.808. The van der Waals surface area contributed by atoms with Crippen LogP contribution in [-0.4, -0.2) is 34.5 Å².